The lowest BCUT2D eigenvalue weighted by Crippen LogP contribution is -2.52. The van der Waals surface area contributed by atoms with Crippen LogP contribution in [0.15, 0.2) is 18.2 Å². The van der Waals surface area contributed by atoms with Gasteiger partial charge in [0, 0.05) is 31.9 Å². The Morgan fingerprint density at radius 2 is 1.89 bits per heavy atom. The molecule has 0 aliphatic carbocycles. The van der Waals surface area contributed by atoms with E-state index in [-0.39, 0.29) is 5.91 Å². The highest BCUT2D eigenvalue weighted by Gasteiger charge is 2.26. The largest absolute Gasteiger partial charge is 0.318 e. The van der Waals surface area contributed by atoms with E-state index >= 15 is 0 Å². The summed E-state index contributed by atoms with van der Waals surface area (Å²) in [6.07, 6.45) is 0. The molecule has 1 fully saturated rings. The number of hydrogen-bond donors (Lipinski definition) is 1. The number of likely N-dealkylation sites (N-methyl/N-ethyl adjacent to an activating group) is 1. The van der Waals surface area contributed by atoms with Gasteiger partial charge in [0.15, 0.2) is 0 Å². The van der Waals surface area contributed by atoms with Crippen LogP contribution in [0.3, 0.4) is 0 Å². The van der Waals surface area contributed by atoms with Crippen LogP contribution in [-0.2, 0) is 4.79 Å². The molecule has 2 rings (SSSR count). The molecule has 1 saturated heterocycles. The van der Waals surface area contributed by atoms with E-state index in [1.807, 2.05) is 18.0 Å². The average Bonchev–Trinajstić information content (AvgIpc) is 2.38. The Kier molecular flexibility index (Phi) is 4.56. The molecule has 0 radical (unpaired) electrons. The molecule has 4 nitrogen and oxygen atoms in total. The summed E-state index contributed by atoms with van der Waals surface area (Å²) in [5.41, 5.74) is 3.45. The lowest BCUT2D eigenvalue weighted by Gasteiger charge is -2.35. The summed E-state index contributed by atoms with van der Waals surface area (Å²) in [4.78, 5) is 16.5. The van der Waals surface area contributed by atoms with Gasteiger partial charge in [0.25, 0.3) is 0 Å². The highest BCUT2D eigenvalue weighted by atomic mass is 16.2. The molecule has 0 bridgehead atoms. The van der Waals surface area contributed by atoms with Crippen LogP contribution in [0, 0.1) is 13.8 Å². The second-order valence-corrected chi connectivity index (χ2v) is 5.17. The van der Waals surface area contributed by atoms with Gasteiger partial charge in [-0.2, -0.15) is 0 Å². The van der Waals surface area contributed by atoms with E-state index in [2.05, 4.69) is 36.2 Å². The summed E-state index contributed by atoms with van der Waals surface area (Å²) in [6, 6.07) is 6.19. The molecule has 19 heavy (non-hydrogen) atoms. The van der Waals surface area contributed by atoms with E-state index in [1.54, 1.807) is 0 Å². The second kappa shape index (κ2) is 6.17. The lowest BCUT2D eigenvalue weighted by atomic mass is 10.1. The Hall–Kier alpha value is -1.39. The second-order valence-electron chi connectivity index (χ2n) is 5.17. The molecule has 1 aliphatic rings. The number of amides is 1. The highest BCUT2D eigenvalue weighted by Crippen LogP contribution is 2.25. The monoisotopic (exact) mass is 261 g/mol. The molecule has 4 heteroatoms. The van der Waals surface area contributed by atoms with E-state index in [4.69, 9.17) is 0 Å². The third-order valence-electron chi connectivity index (χ3n) is 3.69. The van der Waals surface area contributed by atoms with Crippen LogP contribution in [0.5, 0.6) is 0 Å². The van der Waals surface area contributed by atoms with Crippen molar-refractivity contribution in [3.63, 3.8) is 0 Å². The average molecular weight is 261 g/mol. The molecule has 104 valence electrons. The quantitative estimate of drug-likeness (QED) is 0.884. The van der Waals surface area contributed by atoms with Gasteiger partial charge in [-0.25, -0.2) is 0 Å². The van der Waals surface area contributed by atoms with Crippen molar-refractivity contribution in [3.8, 4) is 0 Å². The summed E-state index contributed by atoms with van der Waals surface area (Å²) >= 11 is 0. The number of nitrogens with one attached hydrogen (secondary N) is 1. The number of aryl methyl sites for hydroxylation is 2. The van der Waals surface area contributed by atoms with Crippen molar-refractivity contribution in [2.45, 2.75) is 13.8 Å². The maximum absolute atomic E-state index is 12.3. The minimum Gasteiger partial charge on any atom is -0.318 e. The number of hydrogen-bond acceptors (Lipinski definition) is 3. The van der Waals surface area contributed by atoms with E-state index in [0.717, 1.165) is 31.9 Å². The van der Waals surface area contributed by atoms with Gasteiger partial charge in [0.2, 0.25) is 5.91 Å². The van der Waals surface area contributed by atoms with E-state index in [1.165, 1.54) is 11.1 Å². The van der Waals surface area contributed by atoms with Crippen LogP contribution < -0.4 is 10.2 Å². The van der Waals surface area contributed by atoms with Crippen LogP contribution in [-0.4, -0.2) is 50.6 Å². The zero-order valence-electron chi connectivity index (χ0n) is 12.1. The Bertz CT molecular complexity index is 438. The van der Waals surface area contributed by atoms with Gasteiger partial charge in [-0.3, -0.25) is 9.69 Å². The van der Waals surface area contributed by atoms with Gasteiger partial charge >= 0.3 is 0 Å². The fraction of sp³-hybridized carbons (Fsp3) is 0.533. The van der Waals surface area contributed by atoms with Gasteiger partial charge in [0.05, 0.1) is 6.54 Å². The smallest absolute Gasteiger partial charge is 0.241 e. The predicted molar refractivity (Wildman–Crippen MR) is 78.6 cm³/mol. The van der Waals surface area contributed by atoms with Crippen molar-refractivity contribution in [2.24, 2.45) is 0 Å². The fourth-order valence-corrected chi connectivity index (χ4v) is 2.65. The lowest BCUT2D eigenvalue weighted by molar-refractivity contribution is -0.121. The number of carbonyl (C=O) groups is 1. The van der Waals surface area contributed by atoms with E-state index < -0.39 is 0 Å². The van der Waals surface area contributed by atoms with Crippen molar-refractivity contribution in [1.29, 1.82) is 0 Å². The molecule has 1 aromatic rings. The minimum absolute atomic E-state index is 0.208. The Balaban J connectivity index is 2.10. The van der Waals surface area contributed by atoms with Gasteiger partial charge < -0.3 is 10.2 Å². The standard InChI is InChI=1S/C15H23N3O/c1-12-5-4-6-13(2)15(12)18-10-9-17(8-7-16-3)11-14(18)19/h4-6,16H,7-11H2,1-3H3. The molecular weight excluding hydrogens is 238 g/mol. The number of anilines is 1. The zero-order chi connectivity index (χ0) is 13.8. The number of piperazine rings is 1. The highest BCUT2D eigenvalue weighted by molar-refractivity contribution is 5.97. The zero-order valence-corrected chi connectivity index (χ0v) is 12.1. The van der Waals surface area contributed by atoms with Gasteiger partial charge in [-0.1, -0.05) is 18.2 Å². The molecule has 1 N–H and O–H groups in total. The first-order valence-electron chi connectivity index (χ1n) is 6.87. The molecule has 0 saturated carbocycles. The Labute approximate surface area is 115 Å². The van der Waals surface area contributed by atoms with Crippen molar-refractivity contribution < 1.29 is 4.79 Å². The minimum atomic E-state index is 0.208. The maximum atomic E-state index is 12.3. The van der Waals surface area contributed by atoms with Crippen molar-refractivity contribution in [2.75, 3.05) is 44.7 Å². The number of carbonyl (C=O) groups excluding carboxylic acids is 1. The van der Waals surface area contributed by atoms with Gasteiger partial charge in [-0.15, -0.1) is 0 Å². The SMILES string of the molecule is CNCCN1CCN(c2c(C)cccc2C)C(=O)C1. The molecular formula is C15H23N3O. The van der Waals surface area contributed by atoms with E-state index in [0.29, 0.717) is 6.54 Å². The summed E-state index contributed by atoms with van der Waals surface area (Å²) in [7, 11) is 1.94. The summed E-state index contributed by atoms with van der Waals surface area (Å²) in [5, 5.41) is 3.12. The van der Waals surface area contributed by atoms with Gasteiger partial charge in [-0.05, 0) is 32.0 Å². The maximum Gasteiger partial charge on any atom is 0.241 e. The normalized spacial score (nSPS) is 17.0. The number of nitrogens with zero attached hydrogens (tertiary/aromatic N) is 2. The topological polar surface area (TPSA) is 35.6 Å². The number of rotatable bonds is 4. The molecule has 1 heterocycles. The molecule has 0 atom stereocenters. The summed E-state index contributed by atoms with van der Waals surface area (Å²) in [5.74, 6) is 0.208. The Morgan fingerprint density at radius 1 is 1.21 bits per heavy atom. The van der Waals surface area contributed by atoms with Crippen LogP contribution in [0.4, 0.5) is 5.69 Å². The number of benzene rings is 1. The van der Waals surface area contributed by atoms with Crippen LogP contribution in [0.25, 0.3) is 0 Å². The molecule has 0 spiro atoms. The first-order chi connectivity index (χ1) is 9.13. The van der Waals surface area contributed by atoms with Crippen LogP contribution in [0.1, 0.15) is 11.1 Å². The molecule has 1 aliphatic heterocycles. The molecule has 0 unspecified atom stereocenters. The molecule has 1 aromatic carbocycles. The fourth-order valence-electron chi connectivity index (χ4n) is 2.65. The van der Waals surface area contributed by atoms with Crippen LogP contribution >= 0.6 is 0 Å². The molecule has 0 aromatic heterocycles. The predicted octanol–water partition coefficient (Wildman–Crippen LogP) is 1.17. The number of para-hydroxylation sites is 1. The van der Waals surface area contributed by atoms with Crippen molar-refractivity contribution in [3.05, 3.63) is 29.3 Å². The third kappa shape index (κ3) is 3.14. The third-order valence-corrected chi connectivity index (χ3v) is 3.69. The van der Waals surface area contributed by atoms with E-state index in [9.17, 15) is 4.79 Å². The first kappa shape index (κ1) is 14.0. The molecule has 1 amide bonds. The first-order valence-corrected chi connectivity index (χ1v) is 6.87. The summed E-state index contributed by atoms with van der Waals surface area (Å²) < 4.78 is 0. The summed E-state index contributed by atoms with van der Waals surface area (Å²) in [6.45, 7) is 8.26. The van der Waals surface area contributed by atoms with Gasteiger partial charge in [0.1, 0.15) is 0 Å². The van der Waals surface area contributed by atoms with Crippen molar-refractivity contribution in [1.82, 2.24) is 10.2 Å². The van der Waals surface area contributed by atoms with Crippen LogP contribution in [0.2, 0.25) is 0 Å². The van der Waals surface area contributed by atoms with Crippen molar-refractivity contribution >= 4 is 11.6 Å². The Morgan fingerprint density at radius 3 is 2.47 bits per heavy atom.